The first-order chi connectivity index (χ1) is 11.6. The van der Waals surface area contributed by atoms with Crippen LogP contribution in [0.1, 0.15) is 42.5 Å². The molecule has 6 heteroatoms. The van der Waals surface area contributed by atoms with Crippen LogP contribution in [0.3, 0.4) is 0 Å². The Kier molecular flexibility index (Phi) is 4.43. The Morgan fingerprint density at radius 2 is 1.96 bits per heavy atom. The number of nitro benzene ring substituents is 1. The van der Waals surface area contributed by atoms with Gasteiger partial charge in [0.15, 0.2) is 0 Å². The highest BCUT2D eigenvalue weighted by molar-refractivity contribution is 5.78. The monoisotopic (exact) mass is 323 g/mol. The number of aryl methyl sites for hydroxylation is 1. The van der Waals surface area contributed by atoms with Gasteiger partial charge in [-0.15, -0.1) is 0 Å². The molecule has 24 heavy (non-hydrogen) atoms. The molecule has 0 saturated heterocycles. The number of H-pyrrole nitrogens is 1. The van der Waals surface area contributed by atoms with E-state index in [0.717, 1.165) is 48.9 Å². The van der Waals surface area contributed by atoms with E-state index in [0.29, 0.717) is 16.9 Å². The number of rotatable bonds is 2. The number of pyridine rings is 1. The van der Waals surface area contributed by atoms with Gasteiger partial charge in [-0.3, -0.25) is 15.8 Å². The summed E-state index contributed by atoms with van der Waals surface area (Å²) in [4.78, 5) is 13.9. The molecule has 0 fully saturated rings. The minimum Gasteiger partial charge on any atom is -0.286 e. The van der Waals surface area contributed by atoms with Gasteiger partial charge in [-0.25, -0.2) is 4.98 Å². The quantitative estimate of drug-likeness (QED) is 0.676. The SMILES string of the molecule is N#Cc1c(N)[nH+]c2c(c1-c1cccc([N+](=O)[O-])c1)CCCCCC2. The third kappa shape index (κ3) is 2.93. The number of hydrogen-bond donors (Lipinski definition) is 1. The molecule has 0 spiro atoms. The molecule has 3 N–H and O–H groups in total. The molecule has 1 aromatic heterocycles. The number of nitrogens with zero attached hydrogens (tertiary/aromatic N) is 2. The van der Waals surface area contributed by atoms with Crippen LogP contribution in [-0.2, 0) is 12.8 Å². The van der Waals surface area contributed by atoms with Crippen LogP contribution in [0, 0.1) is 21.4 Å². The molecule has 0 unspecified atom stereocenters. The molecule has 0 bridgehead atoms. The van der Waals surface area contributed by atoms with Crippen LogP contribution < -0.4 is 10.7 Å². The molecule has 2 aromatic rings. The number of aromatic amines is 1. The van der Waals surface area contributed by atoms with Gasteiger partial charge >= 0.3 is 0 Å². The number of nitro groups is 1. The fourth-order valence-corrected chi connectivity index (χ4v) is 3.39. The predicted octanol–water partition coefficient (Wildman–Crippen LogP) is 3.19. The summed E-state index contributed by atoms with van der Waals surface area (Å²) in [6.45, 7) is 0. The average molecular weight is 323 g/mol. The zero-order chi connectivity index (χ0) is 17.1. The summed E-state index contributed by atoms with van der Waals surface area (Å²) in [5, 5.41) is 20.7. The molecular formula is C18H19N4O2+. The highest BCUT2D eigenvalue weighted by Gasteiger charge is 2.24. The topological polar surface area (TPSA) is 107 Å². The van der Waals surface area contributed by atoms with Gasteiger partial charge in [-0.1, -0.05) is 25.0 Å². The first-order valence-corrected chi connectivity index (χ1v) is 8.13. The van der Waals surface area contributed by atoms with E-state index in [-0.39, 0.29) is 5.69 Å². The normalized spacial score (nSPS) is 14.1. The fourth-order valence-electron chi connectivity index (χ4n) is 3.39. The maximum Gasteiger partial charge on any atom is 0.289 e. The van der Waals surface area contributed by atoms with Gasteiger partial charge in [-0.05, 0) is 24.8 Å². The number of benzene rings is 1. The Morgan fingerprint density at radius 1 is 1.21 bits per heavy atom. The van der Waals surface area contributed by atoms with Crippen molar-refractivity contribution in [3.05, 3.63) is 51.2 Å². The number of anilines is 1. The van der Waals surface area contributed by atoms with Crippen molar-refractivity contribution in [3.63, 3.8) is 0 Å². The lowest BCUT2D eigenvalue weighted by atomic mass is 9.88. The highest BCUT2D eigenvalue weighted by atomic mass is 16.6. The van der Waals surface area contributed by atoms with Crippen LogP contribution in [-0.4, -0.2) is 4.92 Å². The summed E-state index contributed by atoms with van der Waals surface area (Å²) in [5.41, 5.74) is 10.00. The second kappa shape index (κ2) is 6.67. The summed E-state index contributed by atoms with van der Waals surface area (Å²) in [6.07, 6.45) is 6.17. The van der Waals surface area contributed by atoms with Gasteiger partial charge in [0.25, 0.3) is 11.5 Å². The Morgan fingerprint density at radius 3 is 2.67 bits per heavy atom. The lowest BCUT2D eigenvalue weighted by molar-refractivity contribution is -0.384. The number of nitrogen functional groups attached to an aromatic ring is 1. The molecule has 122 valence electrons. The smallest absolute Gasteiger partial charge is 0.286 e. The Hall–Kier alpha value is -2.94. The number of non-ortho nitro benzene ring substituents is 1. The Balaban J connectivity index is 2.27. The van der Waals surface area contributed by atoms with Crippen LogP contribution in [0.2, 0.25) is 0 Å². The number of fused-ring (bicyclic) bond motifs is 1. The zero-order valence-electron chi connectivity index (χ0n) is 13.3. The summed E-state index contributed by atoms with van der Waals surface area (Å²) >= 11 is 0. The van der Waals surface area contributed by atoms with E-state index in [2.05, 4.69) is 11.1 Å². The summed E-state index contributed by atoms with van der Waals surface area (Å²) in [6, 6.07) is 8.61. The number of nitrogens with two attached hydrogens (primary N) is 1. The van der Waals surface area contributed by atoms with Crippen LogP contribution >= 0.6 is 0 Å². The third-order valence-electron chi connectivity index (χ3n) is 4.53. The number of nitriles is 1. The van der Waals surface area contributed by atoms with Crippen molar-refractivity contribution in [1.82, 2.24) is 0 Å². The Bertz CT molecular complexity index is 840. The summed E-state index contributed by atoms with van der Waals surface area (Å²) in [5.74, 6) is 0.332. The molecule has 1 aliphatic rings. The second-order valence-electron chi connectivity index (χ2n) is 6.08. The van der Waals surface area contributed by atoms with Gasteiger partial charge in [0.2, 0.25) is 0 Å². The first kappa shape index (κ1) is 15.9. The van der Waals surface area contributed by atoms with Crippen molar-refractivity contribution in [3.8, 4) is 17.2 Å². The van der Waals surface area contributed by atoms with E-state index < -0.39 is 4.92 Å². The van der Waals surface area contributed by atoms with E-state index in [1.54, 1.807) is 6.07 Å². The van der Waals surface area contributed by atoms with Crippen LogP contribution in [0.4, 0.5) is 11.5 Å². The van der Waals surface area contributed by atoms with Crippen molar-refractivity contribution in [1.29, 1.82) is 5.26 Å². The molecular weight excluding hydrogens is 304 g/mol. The summed E-state index contributed by atoms with van der Waals surface area (Å²) < 4.78 is 0. The maximum atomic E-state index is 11.1. The molecule has 0 radical (unpaired) electrons. The first-order valence-electron chi connectivity index (χ1n) is 8.13. The number of nitrogens with one attached hydrogen (secondary N) is 1. The van der Waals surface area contributed by atoms with E-state index >= 15 is 0 Å². The van der Waals surface area contributed by atoms with E-state index in [4.69, 9.17) is 5.73 Å². The second-order valence-corrected chi connectivity index (χ2v) is 6.08. The van der Waals surface area contributed by atoms with Crippen molar-refractivity contribution >= 4 is 11.5 Å². The van der Waals surface area contributed by atoms with Gasteiger partial charge in [0.1, 0.15) is 17.3 Å². The van der Waals surface area contributed by atoms with Crippen LogP contribution in [0.15, 0.2) is 24.3 Å². The lowest BCUT2D eigenvalue weighted by Crippen LogP contribution is -2.23. The standard InChI is InChI=1S/C18H18N4O2/c19-11-15-17(12-6-5-7-13(10-12)22(23)24)14-8-3-1-2-4-9-16(14)21-18(15)20/h5-7,10H,1-4,8-9H2,(H2,20,21)/p+1. The van der Waals surface area contributed by atoms with Crippen LogP contribution in [0.25, 0.3) is 11.1 Å². The highest BCUT2D eigenvalue weighted by Crippen LogP contribution is 2.34. The van der Waals surface area contributed by atoms with Crippen molar-refractivity contribution in [2.45, 2.75) is 38.5 Å². The fraction of sp³-hybridized carbons (Fsp3) is 0.333. The lowest BCUT2D eigenvalue weighted by Gasteiger charge is -2.17. The van der Waals surface area contributed by atoms with Crippen LogP contribution in [0.5, 0.6) is 0 Å². The van der Waals surface area contributed by atoms with E-state index in [1.807, 2.05) is 6.07 Å². The molecule has 1 heterocycles. The molecule has 0 amide bonds. The largest absolute Gasteiger partial charge is 0.289 e. The maximum absolute atomic E-state index is 11.1. The molecule has 0 saturated carbocycles. The number of hydrogen-bond acceptors (Lipinski definition) is 4. The Labute approximate surface area is 140 Å². The zero-order valence-corrected chi connectivity index (χ0v) is 13.3. The molecule has 1 aromatic carbocycles. The van der Waals surface area contributed by atoms with Gasteiger partial charge in [0.05, 0.1) is 4.92 Å². The molecule has 0 aliphatic heterocycles. The van der Waals surface area contributed by atoms with Gasteiger partial charge < -0.3 is 0 Å². The van der Waals surface area contributed by atoms with Crippen molar-refractivity contribution in [2.24, 2.45) is 0 Å². The predicted molar refractivity (Wildman–Crippen MR) is 90.1 cm³/mol. The van der Waals surface area contributed by atoms with E-state index in [1.165, 1.54) is 18.6 Å². The van der Waals surface area contributed by atoms with Gasteiger partial charge in [-0.2, -0.15) is 5.26 Å². The molecule has 1 aliphatic carbocycles. The summed E-state index contributed by atoms with van der Waals surface area (Å²) in [7, 11) is 0. The minimum absolute atomic E-state index is 0.0161. The van der Waals surface area contributed by atoms with Crippen molar-refractivity contribution < 1.29 is 9.91 Å². The molecule has 0 atom stereocenters. The third-order valence-corrected chi connectivity index (χ3v) is 4.53. The average Bonchev–Trinajstić information content (AvgIpc) is 2.55. The van der Waals surface area contributed by atoms with Gasteiger partial charge in [0, 0.05) is 29.7 Å². The molecule has 6 nitrogen and oxygen atoms in total. The minimum atomic E-state index is -0.419. The number of aromatic nitrogens is 1. The van der Waals surface area contributed by atoms with E-state index in [9.17, 15) is 15.4 Å². The molecule has 3 rings (SSSR count). The van der Waals surface area contributed by atoms with Crippen molar-refractivity contribution in [2.75, 3.05) is 5.73 Å².